The first-order valence-corrected chi connectivity index (χ1v) is 4.91. The van der Waals surface area contributed by atoms with Crippen LogP contribution in [0.4, 0.5) is 0 Å². The highest BCUT2D eigenvalue weighted by Crippen LogP contribution is 2.01. The number of nitriles is 1. The zero-order valence-electron chi connectivity index (χ0n) is 6.88. The van der Waals surface area contributed by atoms with Gasteiger partial charge in [0.05, 0.1) is 11.8 Å². The van der Waals surface area contributed by atoms with Crippen LogP contribution in [0.5, 0.6) is 0 Å². The fraction of sp³-hybridized carbons (Fsp3) is 0.833. The predicted octanol–water partition coefficient (Wildman–Crippen LogP) is 0.228. The van der Waals surface area contributed by atoms with E-state index >= 15 is 0 Å². The number of sulfonamides is 1. The van der Waals surface area contributed by atoms with Crippen molar-refractivity contribution in [1.82, 2.24) is 4.72 Å². The normalized spacial score (nSPS) is 12.5. The van der Waals surface area contributed by atoms with Gasteiger partial charge in [-0.05, 0) is 20.8 Å². The van der Waals surface area contributed by atoms with E-state index in [0.717, 1.165) is 0 Å². The van der Waals surface area contributed by atoms with Crippen LogP contribution < -0.4 is 4.72 Å². The molecule has 1 N–H and O–H groups in total. The van der Waals surface area contributed by atoms with Crippen molar-refractivity contribution in [1.29, 1.82) is 5.26 Å². The number of hydrogen-bond donors (Lipinski definition) is 1. The lowest BCUT2D eigenvalue weighted by atomic mass is 10.1. The summed E-state index contributed by atoms with van der Waals surface area (Å²) in [4.78, 5) is 0. The Morgan fingerprint density at radius 3 is 2.27 bits per heavy atom. The van der Waals surface area contributed by atoms with E-state index in [1.807, 2.05) is 6.07 Å². The molecular formula is C6H12N2O2S. The van der Waals surface area contributed by atoms with Crippen LogP contribution in [0.15, 0.2) is 0 Å². The molecule has 0 spiro atoms. The maximum atomic E-state index is 10.9. The molecule has 0 radical (unpaired) electrons. The van der Waals surface area contributed by atoms with Crippen LogP contribution in [0.25, 0.3) is 0 Å². The minimum atomic E-state index is -3.26. The van der Waals surface area contributed by atoms with Crippen LogP contribution in [-0.4, -0.2) is 19.7 Å². The van der Waals surface area contributed by atoms with Gasteiger partial charge in [0, 0.05) is 0 Å². The van der Waals surface area contributed by atoms with E-state index < -0.39 is 15.6 Å². The van der Waals surface area contributed by atoms with E-state index in [4.69, 9.17) is 5.26 Å². The van der Waals surface area contributed by atoms with Gasteiger partial charge in [-0.25, -0.2) is 8.42 Å². The Kier molecular flexibility index (Phi) is 3.02. The van der Waals surface area contributed by atoms with Crippen molar-refractivity contribution in [2.75, 3.05) is 5.75 Å². The number of nitrogens with one attached hydrogen (secondary N) is 1. The summed E-state index contributed by atoms with van der Waals surface area (Å²) in [6.45, 7) is 4.55. The quantitative estimate of drug-likeness (QED) is 0.669. The van der Waals surface area contributed by atoms with E-state index in [1.54, 1.807) is 0 Å². The predicted molar refractivity (Wildman–Crippen MR) is 42.3 cm³/mol. The molecule has 11 heavy (non-hydrogen) atoms. The summed E-state index contributed by atoms with van der Waals surface area (Å²) in [5.41, 5.74) is -1.01. The summed E-state index contributed by atoms with van der Waals surface area (Å²) < 4.78 is 24.1. The average Bonchev–Trinajstić information content (AvgIpc) is 1.86. The summed E-state index contributed by atoms with van der Waals surface area (Å²) >= 11 is 0. The van der Waals surface area contributed by atoms with E-state index in [9.17, 15) is 8.42 Å². The summed E-state index contributed by atoms with van der Waals surface area (Å²) in [6, 6.07) is 1.84. The molecule has 0 aliphatic rings. The first kappa shape index (κ1) is 10.4. The lowest BCUT2D eigenvalue weighted by Crippen LogP contribution is -2.42. The molecule has 64 valence electrons. The first-order chi connectivity index (χ1) is 4.83. The molecule has 0 saturated carbocycles. The average molecular weight is 176 g/mol. The van der Waals surface area contributed by atoms with Crippen molar-refractivity contribution in [2.24, 2.45) is 0 Å². The van der Waals surface area contributed by atoms with Crippen LogP contribution in [0.2, 0.25) is 0 Å². The van der Waals surface area contributed by atoms with Crippen molar-refractivity contribution in [3.63, 3.8) is 0 Å². The van der Waals surface area contributed by atoms with Gasteiger partial charge in [0.15, 0.2) is 0 Å². The smallest absolute Gasteiger partial charge is 0.212 e. The Bertz CT molecular complexity index is 261. The molecule has 0 amide bonds. The van der Waals surface area contributed by atoms with Gasteiger partial charge in [-0.3, -0.25) is 0 Å². The van der Waals surface area contributed by atoms with Gasteiger partial charge in [0.1, 0.15) is 5.54 Å². The molecule has 0 saturated heterocycles. The maximum Gasteiger partial charge on any atom is 0.212 e. The second-order valence-electron chi connectivity index (χ2n) is 2.74. The zero-order valence-corrected chi connectivity index (χ0v) is 7.70. The van der Waals surface area contributed by atoms with Gasteiger partial charge >= 0.3 is 0 Å². The third-order valence-corrected chi connectivity index (χ3v) is 2.65. The molecule has 0 aromatic rings. The molecule has 4 nitrogen and oxygen atoms in total. The third-order valence-electron chi connectivity index (χ3n) is 1.07. The van der Waals surface area contributed by atoms with Gasteiger partial charge in [0.25, 0.3) is 0 Å². The lowest BCUT2D eigenvalue weighted by molar-refractivity contribution is 0.537. The maximum absolute atomic E-state index is 10.9. The number of nitrogens with zero attached hydrogens (tertiary/aromatic N) is 1. The van der Waals surface area contributed by atoms with Crippen LogP contribution in [0.1, 0.15) is 20.8 Å². The van der Waals surface area contributed by atoms with Gasteiger partial charge in [-0.15, -0.1) is 0 Å². The van der Waals surface area contributed by atoms with Crippen molar-refractivity contribution >= 4 is 10.0 Å². The van der Waals surface area contributed by atoms with Gasteiger partial charge < -0.3 is 0 Å². The molecule has 5 heteroatoms. The van der Waals surface area contributed by atoms with Crippen LogP contribution in [-0.2, 0) is 10.0 Å². The van der Waals surface area contributed by atoms with Gasteiger partial charge in [0.2, 0.25) is 10.0 Å². The summed E-state index contributed by atoms with van der Waals surface area (Å²) in [5.74, 6) is -0.00188. The second kappa shape index (κ2) is 3.20. The SMILES string of the molecule is CCS(=O)(=O)NC(C)(C)C#N. The molecule has 0 fully saturated rings. The Labute approximate surface area is 67.3 Å². The second-order valence-corrected chi connectivity index (χ2v) is 4.75. The molecule has 0 unspecified atom stereocenters. The highest BCUT2D eigenvalue weighted by Gasteiger charge is 2.22. The van der Waals surface area contributed by atoms with Gasteiger partial charge in [-0.2, -0.15) is 9.98 Å². The summed E-state index contributed by atoms with van der Waals surface area (Å²) in [5, 5.41) is 8.48. The Hall–Kier alpha value is -0.600. The Morgan fingerprint density at radius 2 is 2.00 bits per heavy atom. The highest BCUT2D eigenvalue weighted by molar-refractivity contribution is 7.89. The van der Waals surface area contributed by atoms with Crippen LogP contribution in [0, 0.1) is 11.3 Å². The minimum absolute atomic E-state index is 0.00188. The monoisotopic (exact) mass is 176 g/mol. The molecule has 0 aliphatic heterocycles. The van der Waals surface area contributed by atoms with E-state index in [-0.39, 0.29) is 5.75 Å². The van der Waals surface area contributed by atoms with Crippen molar-refractivity contribution < 1.29 is 8.42 Å². The van der Waals surface area contributed by atoms with E-state index in [0.29, 0.717) is 0 Å². The molecule has 0 aromatic carbocycles. The fourth-order valence-electron chi connectivity index (χ4n) is 0.484. The number of rotatable bonds is 3. The van der Waals surface area contributed by atoms with Gasteiger partial charge in [-0.1, -0.05) is 0 Å². The van der Waals surface area contributed by atoms with Crippen molar-refractivity contribution in [2.45, 2.75) is 26.3 Å². The molecule has 0 rings (SSSR count). The Balaban J connectivity index is 4.42. The van der Waals surface area contributed by atoms with Crippen LogP contribution >= 0.6 is 0 Å². The molecule has 0 aromatic heterocycles. The zero-order chi connectivity index (χ0) is 9.12. The molecule has 0 aliphatic carbocycles. The van der Waals surface area contributed by atoms with Crippen molar-refractivity contribution in [3.05, 3.63) is 0 Å². The Morgan fingerprint density at radius 1 is 1.55 bits per heavy atom. The van der Waals surface area contributed by atoms with E-state index in [2.05, 4.69) is 4.72 Å². The largest absolute Gasteiger partial charge is 0.212 e. The van der Waals surface area contributed by atoms with E-state index in [1.165, 1.54) is 20.8 Å². The lowest BCUT2D eigenvalue weighted by Gasteiger charge is -2.16. The molecule has 0 heterocycles. The molecule has 0 atom stereocenters. The standard InChI is InChI=1S/C6H12N2O2S/c1-4-11(9,10)8-6(2,3)5-7/h8H,4H2,1-3H3. The topological polar surface area (TPSA) is 70.0 Å². The third kappa shape index (κ3) is 3.96. The minimum Gasteiger partial charge on any atom is -0.212 e. The summed E-state index contributed by atoms with van der Waals surface area (Å²) in [6.07, 6.45) is 0. The van der Waals surface area contributed by atoms with Crippen molar-refractivity contribution in [3.8, 4) is 6.07 Å². The molecular weight excluding hydrogens is 164 g/mol. The number of hydrogen-bond acceptors (Lipinski definition) is 3. The van der Waals surface area contributed by atoms with Crippen LogP contribution in [0.3, 0.4) is 0 Å². The first-order valence-electron chi connectivity index (χ1n) is 3.26. The molecule has 0 bridgehead atoms. The fourth-order valence-corrected chi connectivity index (χ4v) is 1.45. The summed E-state index contributed by atoms with van der Waals surface area (Å²) in [7, 11) is -3.26. The highest BCUT2D eigenvalue weighted by atomic mass is 32.2.